The van der Waals surface area contributed by atoms with Crippen LogP contribution in [0.1, 0.15) is 13.3 Å². The Balaban J connectivity index is 1.55. The van der Waals surface area contributed by atoms with Crippen molar-refractivity contribution >= 4 is 78.5 Å². The lowest BCUT2D eigenvalue weighted by Crippen LogP contribution is -2.46. The topological polar surface area (TPSA) is 66.5 Å². The van der Waals surface area contributed by atoms with Gasteiger partial charge in [-0.1, -0.05) is 61.1 Å². The molecule has 1 aromatic rings. The summed E-state index contributed by atoms with van der Waals surface area (Å²) in [6.45, 7) is 1.56. The van der Waals surface area contributed by atoms with Crippen molar-refractivity contribution in [2.24, 2.45) is 23.7 Å². The summed E-state index contributed by atoms with van der Waals surface area (Å²) >= 11 is 19.4. The summed E-state index contributed by atoms with van der Waals surface area (Å²) in [4.78, 5) is 40.2. The molecule has 7 unspecified atom stereocenters. The molecule has 1 heterocycles. The van der Waals surface area contributed by atoms with Crippen LogP contribution < -0.4 is 5.32 Å². The first-order chi connectivity index (χ1) is 12.7. The Hall–Kier alpha value is -0.630. The highest BCUT2D eigenvalue weighted by atomic mass is 79.9. The predicted molar refractivity (Wildman–Crippen MR) is 110 cm³/mol. The molecular weight excluding hydrogens is 523 g/mol. The quantitative estimate of drug-likeness (QED) is 0.465. The highest BCUT2D eigenvalue weighted by Crippen LogP contribution is 2.60. The van der Waals surface area contributed by atoms with Crippen LogP contribution in [0.2, 0.25) is 10.0 Å². The lowest BCUT2D eigenvalue weighted by Gasteiger charge is -2.28. The summed E-state index contributed by atoms with van der Waals surface area (Å²) in [7, 11) is 0. The van der Waals surface area contributed by atoms with Gasteiger partial charge in [-0.15, -0.1) is 0 Å². The number of nitrogens with one attached hydrogen (secondary N) is 1. The first-order valence-electron chi connectivity index (χ1n) is 8.64. The number of anilines is 1. The first kappa shape index (κ1) is 19.7. The van der Waals surface area contributed by atoms with Crippen LogP contribution in [0.3, 0.4) is 0 Å². The summed E-state index contributed by atoms with van der Waals surface area (Å²) in [5.41, 5.74) is 0.349. The third-order valence-electron chi connectivity index (χ3n) is 6.00. The van der Waals surface area contributed by atoms with E-state index in [9.17, 15) is 14.4 Å². The SMILES string of the molecule is CC(C(=O)Nc1cccc(Cl)c1Cl)N1C(=O)C2C3CC(C(Br)C3Br)C2C1=O. The molecule has 0 aromatic heterocycles. The Morgan fingerprint density at radius 2 is 1.70 bits per heavy atom. The Morgan fingerprint density at radius 3 is 2.26 bits per heavy atom. The lowest BCUT2D eigenvalue weighted by molar-refractivity contribution is -0.146. The standard InChI is InChI=1S/C18H16Br2Cl2N2O3/c1-6(16(25)23-10-4-2-3-9(21)15(10)22)24-17(26)11-7-5-8(12(11)18(24)27)14(20)13(7)19/h2-4,6-8,11-14H,5H2,1H3,(H,23,25). The van der Waals surface area contributed by atoms with Gasteiger partial charge in [-0.3, -0.25) is 19.3 Å². The van der Waals surface area contributed by atoms with Crippen LogP contribution in [0.15, 0.2) is 18.2 Å². The minimum atomic E-state index is -0.924. The van der Waals surface area contributed by atoms with Gasteiger partial charge in [0.1, 0.15) is 6.04 Å². The van der Waals surface area contributed by atoms with Crippen LogP contribution in [0.4, 0.5) is 5.69 Å². The van der Waals surface area contributed by atoms with E-state index in [2.05, 4.69) is 37.2 Å². The molecule has 7 atom stereocenters. The van der Waals surface area contributed by atoms with Crippen LogP contribution in [0, 0.1) is 23.7 Å². The monoisotopic (exact) mass is 536 g/mol. The average Bonchev–Trinajstić information content (AvgIpc) is 3.23. The first-order valence-corrected chi connectivity index (χ1v) is 11.2. The Labute approximate surface area is 183 Å². The van der Waals surface area contributed by atoms with E-state index in [1.165, 1.54) is 0 Å². The van der Waals surface area contributed by atoms with Gasteiger partial charge in [-0.05, 0) is 37.3 Å². The average molecular weight is 539 g/mol. The number of imide groups is 1. The van der Waals surface area contributed by atoms with Crippen molar-refractivity contribution in [1.29, 1.82) is 0 Å². The molecule has 2 bridgehead atoms. The van der Waals surface area contributed by atoms with Crippen molar-refractivity contribution in [2.75, 3.05) is 5.32 Å². The number of fused-ring (bicyclic) bond motifs is 5. The maximum absolute atomic E-state index is 13.0. The number of benzene rings is 1. The van der Waals surface area contributed by atoms with Crippen molar-refractivity contribution in [3.8, 4) is 0 Å². The molecule has 3 aliphatic rings. The van der Waals surface area contributed by atoms with Crippen molar-refractivity contribution in [3.05, 3.63) is 28.2 Å². The molecule has 5 nitrogen and oxygen atoms in total. The molecule has 1 aromatic carbocycles. The van der Waals surface area contributed by atoms with E-state index in [1.807, 2.05) is 0 Å². The highest BCUT2D eigenvalue weighted by Gasteiger charge is 2.67. The maximum Gasteiger partial charge on any atom is 0.247 e. The summed E-state index contributed by atoms with van der Waals surface area (Å²) in [5.74, 6) is -1.43. The summed E-state index contributed by atoms with van der Waals surface area (Å²) < 4.78 is 0. The maximum atomic E-state index is 13.0. The third kappa shape index (κ3) is 2.88. The fourth-order valence-electron chi connectivity index (χ4n) is 4.71. The summed E-state index contributed by atoms with van der Waals surface area (Å²) in [5, 5.41) is 3.20. The zero-order valence-corrected chi connectivity index (χ0v) is 18.8. The number of carbonyl (C=O) groups is 3. The van der Waals surface area contributed by atoms with E-state index in [0.717, 1.165) is 11.3 Å². The molecule has 3 amide bonds. The van der Waals surface area contributed by atoms with Gasteiger partial charge >= 0.3 is 0 Å². The predicted octanol–water partition coefficient (Wildman–Crippen LogP) is 4.10. The van der Waals surface area contributed by atoms with Gasteiger partial charge in [0.25, 0.3) is 0 Å². The molecule has 2 aliphatic carbocycles. The van der Waals surface area contributed by atoms with Gasteiger partial charge in [-0.25, -0.2) is 0 Å². The highest BCUT2D eigenvalue weighted by molar-refractivity contribution is 9.12. The molecule has 3 fully saturated rings. The fourth-order valence-corrected chi connectivity index (χ4v) is 6.93. The number of carbonyl (C=O) groups excluding carboxylic acids is 3. The molecule has 2 saturated carbocycles. The van der Waals surface area contributed by atoms with Gasteiger partial charge in [0.05, 0.1) is 27.6 Å². The normalized spacial score (nSPS) is 35.5. The number of halogens is 4. The largest absolute Gasteiger partial charge is 0.323 e. The second-order valence-electron chi connectivity index (χ2n) is 7.32. The molecule has 27 heavy (non-hydrogen) atoms. The molecule has 0 spiro atoms. The minimum Gasteiger partial charge on any atom is -0.323 e. The van der Waals surface area contributed by atoms with Crippen molar-refractivity contribution in [2.45, 2.75) is 29.0 Å². The Bertz CT molecular complexity index is 820. The number of hydrogen-bond donors (Lipinski definition) is 1. The zero-order valence-electron chi connectivity index (χ0n) is 14.2. The number of hydrogen-bond acceptors (Lipinski definition) is 3. The van der Waals surface area contributed by atoms with E-state index < -0.39 is 11.9 Å². The fraction of sp³-hybridized carbons (Fsp3) is 0.500. The zero-order chi connectivity index (χ0) is 19.6. The van der Waals surface area contributed by atoms with Gasteiger partial charge < -0.3 is 5.32 Å². The lowest BCUT2D eigenvalue weighted by atomic mass is 9.81. The van der Waals surface area contributed by atoms with E-state index in [4.69, 9.17) is 23.2 Å². The smallest absolute Gasteiger partial charge is 0.247 e. The Morgan fingerprint density at radius 1 is 1.15 bits per heavy atom. The number of amides is 3. The number of likely N-dealkylation sites (tertiary alicyclic amines) is 1. The molecule has 1 aliphatic heterocycles. The Kier molecular flexibility index (Phi) is 5.11. The van der Waals surface area contributed by atoms with E-state index >= 15 is 0 Å². The van der Waals surface area contributed by atoms with Gasteiger partial charge in [-0.2, -0.15) is 0 Å². The van der Waals surface area contributed by atoms with Crippen LogP contribution in [-0.2, 0) is 14.4 Å². The van der Waals surface area contributed by atoms with Crippen LogP contribution in [0.5, 0.6) is 0 Å². The number of nitrogens with zero attached hydrogens (tertiary/aromatic N) is 1. The second kappa shape index (κ2) is 7.01. The minimum absolute atomic E-state index is 0.114. The van der Waals surface area contributed by atoms with E-state index in [0.29, 0.717) is 10.7 Å². The number of rotatable bonds is 3. The summed E-state index contributed by atoms with van der Waals surface area (Å²) in [6, 6.07) is 3.97. The van der Waals surface area contributed by atoms with Crippen molar-refractivity contribution in [3.63, 3.8) is 0 Å². The molecule has 144 valence electrons. The summed E-state index contributed by atoms with van der Waals surface area (Å²) in [6.07, 6.45) is 0.852. The molecule has 4 rings (SSSR count). The van der Waals surface area contributed by atoms with Crippen LogP contribution in [0.25, 0.3) is 0 Å². The molecule has 1 saturated heterocycles. The van der Waals surface area contributed by atoms with Crippen LogP contribution in [-0.4, -0.2) is 38.3 Å². The molecule has 0 radical (unpaired) electrons. The molecule has 9 heteroatoms. The number of alkyl halides is 2. The van der Waals surface area contributed by atoms with Crippen molar-refractivity contribution < 1.29 is 14.4 Å². The van der Waals surface area contributed by atoms with E-state index in [1.54, 1.807) is 25.1 Å². The second-order valence-corrected chi connectivity index (χ2v) is 10.2. The van der Waals surface area contributed by atoms with Gasteiger partial charge in [0.15, 0.2) is 0 Å². The molecule has 1 N–H and O–H groups in total. The van der Waals surface area contributed by atoms with E-state index in [-0.39, 0.29) is 50.2 Å². The third-order valence-corrected chi connectivity index (χ3v) is 10.0. The van der Waals surface area contributed by atoms with Crippen molar-refractivity contribution in [1.82, 2.24) is 4.90 Å². The van der Waals surface area contributed by atoms with Gasteiger partial charge in [0.2, 0.25) is 17.7 Å². The van der Waals surface area contributed by atoms with Gasteiger partial charge in [0, 0.05) is 9.65 Å². The molecular formula is C18H16Br2Cl2N2O3. The van der Waals surface area contributed by atoms with Crippen LogP contribution >= 0.6 is 55.1 Å².